The van der Waals surface area contributed by atoms with Crippen LogP contribution in [0.15, 0.2) is 18.2 Å². The lowest BCUT2D eigenvalue weighted by Crippen LogP contribution is -2.53. The first-order valence-electron chi connectivity index (χ1n) is 6.65. The highest BCUT2D eigenvalue weighted by Crippen LogP contribution is 2.33. The van der Waals surface area contributed by atoms with Crippen LogP contribution < -0.4 is 5.73 Å². The lowest BCUT2D eigenvalue weighted by Gasteiger charge is -2.39. The number of rotatable bonds is 5. The maximum Gasteiger partial charge on any atom is 0.0547 e. The number of pyridine rings is 1. The molecule has 0 radical (unpaired) electrons. The van der Waals surface area contributed by atoms with Gasteiger partial charge in [0, 0.05) is 30.1 Å². The molecule has 4 heteroatoms. The Hall–Kier alpha value is -0.580. The highest BCUT2D eigenvalue weighted by Gasteiger charge is 2.38. The predicted molar refractivity (Wildman–Crippen MR) is 78.8 cm³/mol. The molecule has 2 heterocycles. The van der Waals surface area contributed by atoms with E-state index in [2.05, 4.69) is 28.9 Å². The summed E-state index contributed by atoms with van der Waals surface area (Å²) in [6, 6.07) is 6.25. The fraction of sp³-hybridized carbons (Fsp3) is 0.643. The number of thioether (sulfide) groups is 1. The van der Waals surface area contributed by atoms with Crippen LogP contribution in [0.3, 0.4) is 0 Å². The molecule has 2 N–H and O–H groups in total. The predicted octanol–water partition coefficient (Wildman–Crippen LogP) is 2.05. The van der Waals surface area contributed by atoms with Crippen molar-refractivity contribution in [3.63, 3.8) is 0 Å². The summed E-state index contributed by atoms with van der Waals surface area (Å²) in [7, 11) is 0. The average Bonchev–Trinajstić information content (AvgIpc) is 2.86. The zero-order valence-electron chi connectivity index (χ0n) is 11.4. The fourth-order valence-corrected chi connectivity index (χ4v) is 4.13. The second kappa shape index (κ2) is 6.04. The van der Waals surface area contributed by atoms with Gasteiger partial charge in [-0.3, -0.25) is 9.88 Å². The van der Waals surface area contributed by atoms with Gasteiger partial charge in [-0.1, -0.05) is 13.0 Å². The summed E-state index contributed by atoms with van der Waals surface area (Å²) >= 11 is 2.02. The monoisotopic (exact) mass is 265 g/mol. The summed E-state index contributed by atoms with van der Waals surface area (Å²) in [5.41, 5.74) is 8.48. The molecule has 1 saturated heterocycles. The largest absolute Gasteiger partial charge is 0.329 e. The molecular weight excluding hydrogens is 242 g/mol. The van der Waals surface area contributed by atoms with E-state index >= 15 is 0 Å². The molecule has 2 rings (SSSR count). The minimum atomic E-state index is 0.185. The minimum Gasteiger partial charge on any atom is -0.329 e. The highest BCUT2D eigenvalue weighted by atomic mass is 32.2. The molecule has 0 saturated carbocycles. The molecule has 1 aromatic heterocycles. The van der Waals surface area contributed by atoms with Crippen LogP contribution >= 0.6 is 11.8 Å². The molecule has 0 bridgehead atoms. The molecule has 0 aliphatic carbocycles. The number of nitrogens with zero attached hydrogens (tertiary/aromatic N) is 2. The molecular formula is C14H23N3S. The topological polar surface area (TPSA) is 42.2 Å². The number of aryl methyl sites for hydroxylation is 1. The van der Waals surface area contributed by atoms with Gasteiger partial charge in [0.2, 0.25) is 0 Å². The standard InChI is InChI=1S/C14H23N3S/c1-3-17(14(10-15)7-8-18-11-14)9-13-6-4-5-12(2)16-13/h4-6H,3,7-11,15H2,1-2H3. The van der Waals surface area contributed by atoms with Gasteiger partial charge in [0.05, 0.1) is 5.69 Å². The number of hydrogen-bond donors (Lipinski definition) is 1. The zero-order valence-corrected chi connectivity index (χ0v) is 12.2. The SMILES string of the molecule is CCN(Cc1cccc(C)n1)C1(CN)CCSC1. The molecule has 3 nitrogen and oxygen atoms in total. The van der Waals surface area contributed by atoms with E-state index in [1.165, 1.54) is 12.2 Å². The third-order valence-corrected chi connectivity index (χ3v) is 5.05. The van der Waals surface area contributed by atoms with Crippen LogP contribution in [0.4, 0.5) is 0 Å². The molecule has 18 heavy (non-hydrogen) atoms. The summed E-state index contributed by atoms with van der Waals surface area (Å²) < 4.78 is 0. The Morgan fingerprint density at radius 3 is 2.89 bits per heavy atom. The van der Waals surface area contributed by atoms with Crippen molar-refractivity contribution in [3.8, 4) is 0 Å². The third kappa shape index (κ3) is 2.87. The second-order valence-corrected chi connectivity index (χ2v) is 6.12. The number of hydrogen-bond acceptors (Lipinski definition) is 4. The van der Waals surface area contributed by atoms with Gasteiger partial charge >= 0.3 is 0 Å². The Morgan fingerprint density at radius 1 is 1.50 bits per heavy atom. The van der Waals surface area contributed by atoms with Gasteiger partial charge in [0.15, 0.2) is 0 Å². The van der Waals surface area contributed by atoms with Crippen molar-refractivity contribution < 1.29 is 0 Å². The second-order valence-electron chi connectivity index (χ2n) is 5.02. The van der Waals surface area contributed by atoms with E-state index in [-0.39, 0.29) is 5.54 Å². The normalized spacial score (nSPS) is 23.8. The Bertz CT molecular complexity index is 388. The van der Waals surface area contributed by atoms with E-state index in [9.17, 15) is 0 Å². The number of nitrogens with two attached hydrogens (primary N) is 1. The van der Waals surface area contributed by atoms with Crippen LogP contribution in [-0.4, -0.2) is 40.0 Å². The summed E-state index contributed by atoms with van der Waals surface area (Å²) in [5, 5.41) is 0. The molecule has 100 valence electrons. The fourth-order valence-electron chi connectivity index (χ4n) is 2.63. The Labute approximate surface area is 114 Å². The number of aromatic nitrogens is 1. The first kappa shape index (κ1) is 13.8. The summed E-state index contributed by atoms with van der Waals surface area (Å²) in [4.78, 5) is 7.12. The minimum absolute atomic E-state index is 0.185. The lowest BCUT2D eigenvalue weighted by molar-refractivity contribution is 0.113. The van der Waals surface area contributed by atoms with Gasteiger partial charge in [0.25, 0.3) is 0 Å². The van der Waals surface area contributed by atoms with E-state index < -0.39 is 0 Å². The Kier molecular flexibility index (Phi) is 4.65. The van der Waals surface area contributed by atoms with Crippen molar-refractivity contribution in [2.45, 2.75) is 32.4 Å². The van der Waals surface area contributed by atoms with Gasteiger partial charge < -0.3 is 5.73 Å². The molecule has 1 aromatic rings. The van der Waals surface area contributed by atoms with E-state index in [1.54, 1.807) is 0 Å². The first-order chi connectivity index (χ1) is 8.70. The molecule has 1 aliphatic heterocycles. The van der Waals surface area contributed by atoms with E-state index in [0.29, 0.717) is 0 Å². The molecule has 0 amide bonds. The van der Waals surface area contributed by atoms with Gasteiger partial charge in [-0.2, -0.15) is 11.8 Å². The van der Waals surface area contributed by atoms with Crippen LogP contribution in [0, 0.1) is 6.92 Å². The van der Waals surface area contributed by atoms with Gasteiger partial charge in [-0.05, 0) is 37.8 Å². The summed E-state index contributed by atoms with van der Waals surface area (Å²) in [5.74, 6) is 2.39. The van der Waals surface area contributed by atoms with E-state index in [4.69, 9.17) is 5.73 Å². The first-order valence-corrected chi connectivity index (χ1v) is 7.81. The average molecular weight is 265 g/mol. The molecule has 0 spiro atoms. The van der Waals surface area contributed by atoms with Gasteiger partial charge in [0.1, 0.15) is 0 Å². The molecule has 1 unspecified atom stereocenters. The van der Waals surface area contributed by atoms with Crippen molar-refractivity contribution in [3.05, 3.63) is 29.6 Å². The quantitative estimate of drug-likeness (QED) is 0.885. The zero-order chi connectivity index (χ0) is 13.0. The number of likely N-dealkylation sites (N-methyl/N-ethyl adjacent to an activating group) is 1. The molecule has 1 aliphatic rings. The van der Waals surface area contributed by atoms with Crippen LogP contribution in [0.1, 0.15) is 24.7 Å². The lowest BCUT2D eigenvalue weighted by atomic mass is 9.96. The molecule has 1 fully saturated rings. The molecule has 0 aromatic carbocycles. The molecule has 1 atom stereocenters. The smallest absolute Gasteiger partial charge is 0.0547 e. The van der Waals surface area contributed by atoms with Crippen LogP contribution in [0.2, 0.25) is 0 Å². The van der Waals surface area contributed by atoms with Crippen LogP contribution in [0.5, 0.6) is 0 Å². The third-order valence-electron chi connectivity index (χ3n) is 3.81. The Balaban J connectivity index is 2.13. The van der Waals surface area contributed by atoms with Crippen LogP contribution in [0.25, 0.3) is 0 Å². The van der Waals surface area contributed by atoms with Crippen molar-refractivity contribution in [1.29, 1.82) is 0 Å². The highest BCUT2D eigenvalue weighted by molar-refractivity contribution is 7.99. The maximum absolute atomic E-state index is 6.05. The van der Waals surface area contributed by atoms with Crippen LogP contribution in [-0.2, 0) is 6.54 Å². The van der Waals surface area contributed by atoms with Gasteiger partial charge in [-0.15, -0.1) is 0 Å². The van der Waals surface area contributed by atoms with Crippen molar-refractivity contribution in [2.75, 3.05) is 24.6 Å². The maximum atomic E-state index is 6.05. The summed E-state index contributed by atoms with van der Waals surface area (Å²) in [6.45, 7) is 6.96. The van der Waals surface area contributed by atoms with Crippen molar-refractivity contribution in [2.24, 2.45) is 5.73 Å². The summed E-state index contributed by atoms with van der Waals surface area (Å²) in [6.07, 6.45) is 1.20. The van der Waals surface area contributed by atoms with E-state index in [0.717, 1.165) is 36.8 Å². The van der Waals surface area contributed by atoms with Crippen molar-refractivity contribution >= 4 is 11.8 Å². The van der Waals surface area contributed by atoms with E-state index in [1.807, 2.05) is 24.8 Å². The Morgan fingerprint density at radius 2 is 2.33 bits per heavy atom. The van der Waals surface area contributed by atoms with Crippen molar-refractivity contribution in [1.82, 2.24) is 9.88 Å². The van der Waals surface area contributed by atoms with Gasteiger partial charge in [-0.25, -0.2) is 0 Å².